The lowest BCUT2D eigenvalue weighted by Gasteiger charge is -2.35. The van der Waals surface area contributed by atoms with Gasteiger partial charge in [0.2, 0.25) is 0 Å². The summed E-state index contributed by atoms with van der Waals surface area (Å²) >= 11 is 0. The van der Waals surface area contributed by atoms with Crippen LogP contribution in [0.4, 0.5) is 14.6 Å². The van der Waals surface area contributed by atoms with Gasteiger partial charge in [0.25, 0.3) is 0 Å². The van der Waals surface area contributed by atoms with Crippen LogP contribution in [0.1, 0.15) is 18.4 Å². The molecule has 122 valence electrons. The molecule has 0 unspecified atom stereocenters. The molecule has 3 nitrogen and oxygen atoms in total. The van der Waals surface area contributed by atoms with Crippen LogP contribution in [0.5, 0.6) is 0 Å². The van der Waals surface area contributed by atoms with Crippen LogP contribution in [0.2, 0.25) is 0 Å². The SMILES string of the molecule is N[C@H](Cc1cc(F)ccc1F)C1CCN(c2ccccn2)CC1. The van der Waals surface area contributed by atoms with E-state index in [1.54, 1.807) is 6.20 Å². The number of aromatic nitrogens is 1. The minimum absolute atomic E-state index is 0.155. The van der Waals surface area contributed by atoms with Crippen LogP contribution in [0.25, 0.3) is 0 Å². The van der Waals surface area contributed by atoms with Gasteiger partial charge in [0.1, 0.15) is 17.5 Å². The summed E-state index contributed by atoms with van der Waals surface area (Å²) in [6, 6.07) is 9.28. The summed E-state index contributed by atoms with van der Waals surface area (Å²) in [5, 5.41) is 0. The van der Waals surface area contributed by atoms with Crippen molar-refractivity contribution in [2.45, 2.75) is 25.3 Å². The largest absolute Gasteiger partial charge is 0.357 e. The molecular weight excluding hydrogens is 296 g/mol. The molecule has 1 aromatic carbocycles. The number of piperidine rings is 1. The summed E-state index contributed by atoms with van der Waals surface area (Å²) in [5.41, 5.74) is 6.63. The molecule has 1 aliphatic heterocycles. The van der Waals surface area contributed by atoms with Crippen molar-refractivity contribution in [2.75, 3.05) is 18.0 Å². The van der Waals surface area contributed by atoms with Gasteiger partial charge in [-0.05, 0) is 61.1 Å². The summed E-state index contributed by atoms with van der Waals surface area (Å²) in [6.45, 7) is 1.78. The second kappa shape index (κ2) is 7.04. The second-order valence-corrected chi connectivity index (χ2v) is 6.12. The number of rotatable bonds is 4. The minimum atomic E-state index is -0.418. The number of halogens is 2. The van der Waals surface area contributed by atoms with Crippen molar-refractivity contribution in [1.82, 2.24) is 4.98 Å². The van der Waals surface area contributed by atoms with Gasteiger partial charge in [0.15, 0.2) is 0 Å². The normalized spacial score (nSPS) is 17.3. The molecule has 3 rings (SSSR count). The van der Waals surface area contributed by atoms with Crippen molar-refractivity contribution >= 4 is 5.82 Å². The molecule has 1 saturated heterocycles. The zero-order valence-corrected chi connectivity index (χ0v) is 13.0. The molecule has 1 fully saturated rings. The maximum Gasteiger partial charge on any atom is 0.128 e. The van der Waals surface area contributed by atoms with E-state index >= 15 is 0 Å². The Kier molecular flexibility index (Phi) is 4.86. The molecule has 2 N–H and O–H groups in total. The third kappa shape index (κ3) is 3.85. The Hall–Kier alpha value is -2.01. The summed E-state index contributed by atoms with van der Waals surface area (Å²) in [4.78, 5) is 6.61. The van der Waals surface area contributed by atoms with Crippen LogP contribution in [-0.2, 0) is 6.42 Å². The first-order valence-corrected chi connectivity index (χ1v) is 7.99. The van der Waals surface area contributed by atoms with Crippen LogP contribution < -0.4 is 10.6 Å². The van der Waals surface area contributed by atoms with E-state index in [-0.39, 0.29) is 11.9 Å². The van der Waals surface area contributed by atoms with Gasteiger partial charge < -0.3 is 10.6 Å². The van der Waals surface area contributed by atoms with Crippen molar-refractivity contribution in [1.29, 1.82) is 0 Å². The molecule has 0 amide bonds. The predicted octanol–water partition coefficient (Wildman–Crippen LogP) is 3.15. The topological polar surface area (TPSA) is 42.1 Å². The van der Waals surface area contributed by atoms with E-state index in [2.05, 4.69) is 9.88 Å². The summed E-state index contributed by atoms with van der Waals surface area (Å²) in [7, 11) is 0. The van der Waals surface area contributed by atoms with E-state index in [9.17, 15) is 8.78 Å². The molecule has 23 heavy (non-hydrogen) atoms. The highest BCUT2D eigenvalue weighted by molar-refractivity contribution is 5.38. The van der Waals surface area contributed by atoms with Gasteiger partial charge in [-0.2, -0.15) is 0 Å². The molecule has 1 aliphatic rings. The highest BCUT2D eigenvalue weighted by atomic mass is 19.1. The maximum absolute atomic E-state index is 13.7. The Balaban J connectivity index is 1.58. The van der Waals surface area contributed by atoms with Crippen molar-refractivity contribution in [3.8, 4) is 0 Å². The van der Waals surface area contributed by atoms with E-state index in [1.165, 1.54) is 12.1 Å². The molecule has 0 radical (unpaired) electrons. The molecule has 0 bridgehead atoms. The van der Waals surface area contributed by atoms with E-state index in [4.69, 9.17) is 5.73 Å². The number of anilines is 1. The predicted molar refractivity (Wildman–Crippen MR) is 87.2 cm³/mol. The Morgan fingerprint density at radius 3 is 2.65 bits per heavy atom. The minimum Gasteiger partial charge on any atom is -0.357 e. The number of hydrogen-bond donors (Lipinski definition) is 1. The monoisotopic (exact) mass is 317 g/mol. The first-order valence-electron chi connectivity index (χ1n) is 7.99. The highest BCUT2D eigenvalue weighted by Crippen LogP contribution is 2.25. The average Bonchev–Trinajstić information content (AvgIpc) is 2.59. The number of nitrogens with zero attached hydrogens (tertiary/aromatic N) is 2. The van der Waals surface area contributed by atoms with Crippen molar-refractivity contribution in [2.24, 2.45) is 11.7 Å². The maximum atomic E-state index is 13.7. The summed E-state index contributed by atoms with van der Waals surface area (Å²) in [6.07, 6.45) is 4.04. The molecule has 2 aromatic rings. The molecule has 0 aliphatic carbocycles. The van der Waals surface area contributed by atoms with Crippen LogP contribution in [0, 0.1) is 17.6 Å². The smallest absolute Gasteiger partial charge is 0.128 e. The van der Waals surface area contributed by atoms with Crippen LogP contribution in [0.3, 0.4) is 0 Å². The van der Waals surface area contributed by atoms with E-state index in [0.29, 0.717) is 17.9 Å². The number of hydrogen-bond acceptors (Lipinski definition) is 3. The average molecular weight is 317 g/mol. The Bertz CT molecular complexity index is 640. The van der Waals surface area contributed by atoms with E-state index in [0.717, 1.165) is 37.8 Å². The number of pyridine rings is 1. The standard InChI is InChI=1S/C18H21F2N3/c19-15-4-5-16(20)14(11-15)12-17(21)13-6-9-23(10-7-13)18-3-1-2-8-22-18/h1-5,8,11,13,17H,6-7,9-10,12,21H2/t17-/m1/s1. The lowest BCUT2D eigenvalue weighted by molar-refractivity contribution is 0.335. The Morgan fingerprint density at radius 1 is 1.17 bits per heavy atom. The van der Waals surface area contributed by atoms with Crippen LogP contribution >= 0.6 is 0 Å². The number of nitrogens with two attached hydrogens (primary N) is 1. The highest BCUT2D eigenvalue weighted by Gasteiger charge is 2.25. The summed E-state index contributed by atoms with van der Waals surface area (Å²) < 4.78 is 27.0. The lowest BCUT2D eigenvalue weighted by Crippen LogP contribution is -2.42. The number of benzene rings is 1. The van der Waals surface area contributed by atoms with Crippen LogP contribution in [0.15, 0.2) is 42.6 Å². The first-order chi connectivity index (χ1) is 11.1. The Labute approximate surface area is 135 Å². The third-order valence-corrected chi connectivity index (χ3v) is 4.58. The van der Waals surface area contributed by atoms with Gasteiger partial charge in [-0.1, -0.05) is 6.07 Å². The molecule has 0 spiro atoms. The fourth-order valence-electron chi connectivity index (χ4n) is 3.22. The molecular formula is C18H21F2N3. The second-order valence-electron chi connectivity index (χ2n) is 6.12. The van der Waals surface area contributed by atoms with Crippen LogP contribution in [-0.4, -0.2) is 24.1 Å². The molecule has 0 saturated carbocycles. The molecule has 5 heteroatoms. The van der Waals surface area contributed by atoms with Gasteiger partial charge in [-0.3, -0.25) is 0 Å². The Morgan fingerprint density at radius 2 is 1.96 bits per heavy atom. The van der Waals surface area contributed by atoms with E-state index in [1.807, 2.05) is 18.2 Å². The van der Waals surface area contributed by atoms with Gasteiger partial charge in [0.05, 0.1) is 0 Å². The van der Waals surface area contributed by atoms with Gasteiger partial charge >= 0.3 is 0 Å². The molecule has 1 atom stereocenters. The van der Waals surface area contributed by atoms with Crippen molar-refractivity contribution in [3.05, 3.63) is 59.8 Å². The summed E-state index contributed by atoms with van der Waals surface area (Å²) in [5.74, 6) is 0.500. The molecule has 1 aromatic heterocycles. The van der Waals surface area contributed by atoms with Gasteiger partial charge in [-0.25, -0.2) is 13.8 Å². The zero-order chi connectivity index (χ0) is 16.2. The zero-order valence-electron chi connectivity index (χ0n) is 13.0. The van der Waals surface area contributed by atoms with Gasteiger partial charge in [0, 0.05) is 25.3 Å². The quantitative estimate of drug-likeness (QED) is 0.942. The first kappa shape index (κ1) is 15.9. The fourth-order valence-corrected chi connectivity index (χ4v) is 3.22. The van der Waals surface area contributed by atoms with Gasteiger partial charge in [-0.15, -0.1) is 0 Å². The van der Waals surface area contributed by atoms with Crippen molar-refractivity contribution in [3.63, 3.8) is 0 Å². The third-order valence-electron chi connectivity index (χ3n) is 4.58. The van der Waals surface area contributed by atoms with E-state index < -0.39 is 5.82 Å². The fraction of sp³-hybridized carbons (Fsp3) is 0.389. The lowest BCUT2D eigenvalue weighted by atomic mass is 9.86. The van der Waals surface area contributed by atoms with Crippen molar-refractivity contribution < 1.29 is 8.78 Å². The molecule has 2 heterocycles.